The third-order valence-corrected chi connectivity index (χ3v) is 3.63. The summed E-state index contributed by atoms with van der Waals surface area (Å²) in [5, 5.41) is 3.40. The summed E-state index contributed by atoms with van der Waals surface area (Å²) in [7, 11) is 0. The van der Waals surface area contributed by atoms with Gasteiger partial charge in [0, 0.05) is 36.0 Å². The van der Waals surface area contributed by atoms with Crippen LogP contribution in [0.4, 0.5) is 4.39 Å². The Labute approximate surface area is 142 Å². The minimum atomic E-state index is -0.358. The molecule has 0 atom stereocenters. The molecule has 1 aromatic heterocycles. The first-order valence-corrected chi connectivity index (χ1v) is 8.20. The molecule has 0 unspecified atom stereocenters. The highest BCUT2D eigenvalue weighted by molar-refractivity contribution is 5.98. The van der Waals surface area contributed by atoms with Crippen LogP contribution in [0.25, 0.3) is 11.1 Å². The zero-order valence-electron chi connectivity index (χ0n) is 14.7. The van der Waals surface area contributed by atoms with Crippen molar-refractivity contribution >= 4 is 5.97 Å². The summed E-state index contributed by atoms with van der Waals surface area (Å²) in [6.45, 7) is 9.11. The van der Waals surface area contributed by atoms with Gasteiger partial charge in [-0.2, -0.15) is 0 Å². The lowest BCUT2D eigenvalue weighted by molar-refractivity contribution is 0.0526. The standard InChI is InChI=1S/C19H25FN2O2/c1-5-24-18(23)17-15(13-6-8-14(20)9-7-13)12-21-16(17)10-11-22-19(2,3)4/h6-9,12,21-22H,5,10-11H2,1-4H3. The van der Waals surface area contributed by atoms with Gasteiger partial charge >= 0.3 is 5.97 Å². The van der Waals surface area contributed by atoms with Crippen molar-refractivity contribution in [2.75, 3.05) is 13.2 Å². The number of esters is 1. The molecule has 0 aliphatic rings. The minimum absolute atomic E-state index is 0.0104. The van der Waals surface area contributed by atoms with Crippen molar-refractivity contribution in [2.45, 2.75) is 39.7 Å². The molecule has 0 amide bonds. The topological polar surface area (TPSA) is 54.1 Å². The Bertz CT molecular complexity index is 684. The van der Waals surface area contributed by atoms with E-state index in [0.717, 1.165) is 23.4 Å². The normalized spacial score (nSPS) is 11.5. The van der Waals surface area contributed by atoms with Gasteiger partial charge in [-0.3, -0.25) is 0 Å². The molecule has 2 rings (SSSR count). The molecular formula is C19H25FN2O2. The molecule has 4 nitrogen and oxygen atoms in total. The summed E-state index contributed by atoms with van der Waals surface area (Å²) in [6, 6.07) is 6.10. The van der Waals surface area contributed by atoms with Crippen LogP contribution in [0, 0.1) is 5.82 Å². The second kappa shape index (κ2) is 7.62. The molecule has 24 heavy (non-hydrogen) atoms. The number of benzene rings is 1. The molecule has 2 aromatic rings. The van der Waals surface area contributed by atoms with E-state index in [0.29, 0.717) is 18.6 Å². The molecule has 0 saturated heterocycles. The first-order chi connectivity index (χ1) is 11.3. The number of aromatic amines is 1. The quantitative estimate of drug-likeness (QED) is 0.788. The molecule has 1 heterocycles. The van der Waals surface area contributed by atoms with Crippen molar-refractivity contribution < 1.29 is 13.9 Å². The van der Waals surface area contributed by atoms with Gasteiger partial charge in [0.05, 0.1) is 12.2 Å². The van der Waals surface area contributed by atoms with Crippen LogP contribution in [0.2, 0.25) is 0 Å². The molecule has 2 N–H and O–H groups in total. The lowest BCUT2D eigenvalue weighted by Gasteiger charge is -2.20. The third kappa shape index (κ3) is 4.68. The molecular weight excluding hydrogens is 307 g/mol. The Hall–Kier alpha value is -2.14. The van der Waals surface area contributed by atoms with Gasteiger partial charge < -0.3 is 15.0 Å². The summed E-state index contributed by atoms with van der Waals surface area (Å²) < 4.78 is 18.4. The van der Waals surface area contributed by atoms with Gasteiger partial charge in [0.15, 0.2) is 0 Å². The zero-order chi connectivity index (χ0) is 17.7. The largest absolute Gasteiger partial charge is 0.462 e. The number of carbonyl (C=O) groups excluding carboxylic acids is 1. The Balaban J connectivity index is 2.30. The monoisotopic (exact) mass is 332 g/mol. The molecule has 0 radical (unpaired) electrons. The van der Waals surface area contributed by atoms with E-state index in [2.05, 4.69) is 31.1 Å². The van der Waals surface area contributed by atoms with Crippen molar-refractivity contribution in [3.63, 3.8) is 0 Å². The number of rotatable bonds is 6. The molecule has 5 heteroatoms. The Morgan fingerprint density at radius 2 is 1.92 bits per heavy atom. The summed E-state index contributed by atoms with van der Waals surface area (Å²) in [6.07, 6.45) is 2.46. The highest BCUT2D eigenvalue weighted by Crippen LogP contribution is 2.27. The Kier molecular flexibility index (Phi) is 5.78. The van der Waals surface area contributed by atoms with Crippen molar-refractivity contribution in [2.24, 2.45) is 0 Å². The number of halogens is 1. The second-order valence-corrected chi connectivity index (χ2v) is 6.71. The highest BCUT2D eigenvalue weighted by Gasteiger charge is 2.21. The molecule has 0 spiro atoms. The highest BCUT2D eigenvalue weighted by atomic mass is 19.1. The number of aromatic nitrogens is 1. The minimum Gasteiger partial charge on any atom is -0.462 e. The first-order valence-electron chi connectivity index (χ1n) is 8.20. The third-order valence-electron chi connectivity index (χ3n) is 3.63. The summed E-state index contributed by atoms with van der Waals surface area (Å²) in [5.74, 6) is -0.662. The Morgan fingerprint density at radius 3 is 2.50 bits per heavy atom. The summed E-state index contributed by atoms with van der Waals surface area (Å²) in [4.78, 5) is 15.6. The van der Waals surface area contributed by atoms with Gasteiger partial charge in [0.1, 0.15) is 5.82 Å². The number of ether oxygens (including phenoxy) is 1. The van der Waals surface area contributed by atoms with Crippen LogP contribution < -0.4 is 5.32 Å². The fourth-order valence-electron chi connectivity index (χ4n) is 2.52. The van der Waals surface area contributed by atoms with E-state index in [1.54, 1.807) is 25.3 Å². The van der Waals surface area contributed by atoms with Crippen LogP contribution in [0.5, 0.6) is 0 Å². The lowest BCUT2D eigenvalue weighted by Crippen LogP contribution is -2.37. The lowest BCUT2D eigenvalue weighted by atomic mass is 10.0. The maximum atomic E-state index is 13.2. The molecule has 0 saturated carbocycles. The van der Waals surface area contributed by atoms with Gasteiger partial charge in [-0.1, -0.05) is 12.1 Å². The molecule has 1 aromatic carbocycles. The van der Waals surface area contributed by atoms with E-state index in [1.807, 2.05) is 0 Å². The maximum absolute atomic E-state index is 13.2. The van der Waals surface area contributed by atoms with E-state index in [1.165, 1.54) is 12.1 Å². The predicted octanol–water partition coefficient (Wildman–Crippen LogP) is 3.93. The van der Waals surface area contributed by atoms with E-state index >= 15 is 0 Å². The fraction of sp³-hybridized carbons (Fsp3) is 0.421. The van der Waals surface area contributed by atoms with Crippen molar-refractivity contribution in [1.29, 1.82) is 0 Å². The first kappa shape index (κ1) is 18.2. The molecule has 0 bridgehead atoms. The predicted molar refractivity (Wildman–Crippen MR) is 93.6 cm³/mol. The Morgan fingerprint density at radius 1 is 1.25 bits per heavy atom. The van der Waals surface area contributed by atoms with Crippen LogP contribution in [-0.4, -0.2) is 29.6 Å². The number of hydrogen-bond donors (Lipinski definition) is 2. The van der Waals surface area contributed by atoms with Crippen LogP contribution in [0.15, 0.2) is 30.5 Å². The number of carbonyl (C=O) groups is 1. The van der Waals surface area contributed by atoms with Gasteiger partial charge in [0.25, 0.3) is 0 Å². The fourth-order valence-corrected chi connectivity index (χ4v) is 2.52. The van der Waals surface area contributed by atoms with Gasteiger partial charge in [-0.15, -0.1) is 0 Å². The number of H-pyrrole nitrogens is 1. The van der Waals surface area contributed by atoms with Gasteiger partial charge in [-0.05, 0) is 45.4 Å². The molecule has 0 fully saturated rings. The average Bonchev–Trinajstić information content (AvgIpc) is 2.91. The molecule has 0 aliphatic heterocycles. The SMILES string of the molecule is CCOC(=O)c1c(-c2ccc(F)cc2)c[nH]c1CCNC(C)(C)C. The van der Waals surface area contributed by atoms with Crippen molar-refractivity contribution in [3.05, 3.63) is 47.5 Å². The number of hydrogen-bond acceptors (Lipinski definition) is 3. The van der Waals surface area contributed by atoms with Gasteiger partial charge in [0.2, 0.25) is 0 Å². The summed E-state index contributed by atoms with van der Waals surface area (Å²) >= 11 is 0. The van der Waals surface area contributed by atoms with Crippen molar-refractivity contribution in [3.8, 4) is 11.1 Å². The maximum Gasteiger partial charge on any atom is 0.340 e. The van der Waals surface area contributed by atoms with E-state index in [9.17, 15) is 9.18 Å². The van der Waals surface area contributed by atoms with Crippen molar-refractivity contribution in [1.82, 2.24) is 10.3 Å². The van der Waals surface area contributed by atoms with E-state index < -0.39 is 0 Å². The molecule has 0 aliphatic carbocycles. The van der Waals surface area contributed by atoms with Crippen LogP contribution in [0.1, 0.15) is 43.7 Å². The van der Waals surface area contributed by atoms with Crippen LogP contribution in [-0.2, 0) is 11.2 Å². The van der Waals surface area contributed by atoms with Crippen LogP contribution in [0.3, 0.4) is 0 Å². The zero-order valence-corrected chi connectivity index (χ0v) is 14.7. The summed E-state index contributed by atoms with van der Waals surface area (Å²) in [5.41, 5.74) is 2.88. The smallest absolute Gasteiger partial charge is 0.340 e. The second-order valence-electron chi connectivity index (χ2n) is 6.71. The van der Waals surface area contributed by atoms with E-state index in [-0.39, 0.29) is 17.3 Å². The molecule has 130 valence electrons. The number of nitrogens with one attached hydrogen (secondary N) is 2. The average molecular weight is 332 g/mol. The van der Waals surface area contributed by atoms with Gasteiger partial charge in [-0.25, -0.2) is 9.18 Å². The van der Waals surface area contributed by atoms with E-state index in [4.69, 9.17) is 4.74 Å². The van der Waals surface area contributed by atoms with Crippen LogP contribution >= 0.6 is 0 Å².